The lowest BCUT2D eigenvalue weighted by Gasteiger charge is -1.89. The standard InChI is InChI=1S/C6H8N2O/c1-4-2-5(4)6(9)8-3-7/h4-5H,2H2,1H3,(H,8,9). The van der Waals surface area contributed by atoms with Crippen molar-refractivity contribution < 1.29 is 4.79 Å². The highest BCUT2D eigenvalue weighted by molar-refractivity contribution is 5.82. The summed E-state index contributed by atoms with van der Waals surface area (Å²) in [4.78, 5) is 10.7. The van der Waals surface area contributed by atoms with E-state index in [-0.39, 0.29) is 11.8 Å². The zero-order chi connectivity index (χ0) is 6.85. The van der Waals surface area contributed by atoms with Gasteiger partial charge >= 0.3 is 0 Å². The van der Waals surface area contributed by atoms with Crippen molar-refractivity contribution in [2.24, 2.45) is 11.8 Å². The van der Waals surface area contributed by atoms with E-state index in [0.29, 0.717) is 5.92 Å². The first-order valence-electron chi connectivity index (χ1n) is 2.94. The van der Waals surface area contributed by atoms with Crippen LogP contribution < -0.4 is 5.32 Å². The summed E-state index contributed by atoms with van der Waals surface area (Å²) in [6.07, 6.45) is 2.55. The van der Waals surface area contributed by atoms with Crippen molar-refractivity contribution in [3.63, 3.8) is 0 Å². The predicted octanol–water partition coefficient (Wildman–Crippen LogP) is 0.240. The van der Waals surface area contributed by atoms with Gasteiger partial charge in [0.25, 0.3) is 0 Å². The SMILES string of the molecule is CC1CC1C(=O)NC#N. The highest BCUT2D eigenvalue weighted by Gasteiger charge is 2.38. The third kappa shape index (κ3) is 1.20. The largest absolute Gasteiger partial charge is 0.274 e. The maximum atomic E-state index is 10.7. The molecule has 0 radical (unpaired) electrons. The Morgan fingerprint density at radius 1 is 1.89 bits per heavy atom. The molecule has 1 amide bonds. The van der Waals surface area contributed by atoms with Crippen LogP contribution in [0.25, 0.3) is 0 Å². The lowest BCUT2D eigenvalue weighted by molar-refractivity contribution is -0.121. The van der Waals surface area contributed by atoms with Crippen LogP contribution in [0.4, 0.5) is 0 Å². The van der Waals surface area contributed by atoms with Gasteiger partial charge in [-0.1, -0.05) is 6.92 Å². The first kappa shape index (κ1) is 6.09. The molecule has 0 spiro atoms. The lowest BCUT2D eigenvalue weighted by Crippen LogP contribution is -2.19. The second kappa shape index (κ2) is 2.06. The number of carbonyl (C=O) groups excluding carboxylic acids is 1. The van der Waals surface area contributed by atoms with E-state index < -0.39 is 0 Å². The van der Waals surface area contributed by atoms with Gasteiger partial charge in [-0.2, -0.15) is 5.26 Å². The molecule has 2 unspecified atom stereocenters. The van der Waals surface area contributed by atoms with E-state index in [4.69, 9.17) is 5.26 Å². The van der Waals surface area contributed by atoms with Crippen molar-refractivity contribution in [1.29, 1.82) is 5.26 Å². The Morgan fingerprint density at radius 3 is 2.78 bits per heavy atom. The van der Waals surface area contributed by atoms with Crippen molar-refractivity contribution in [3.8, 4) is 6.19 Å². The molecule has 3 heteroatoms. The molecule has 1 aliphatic carbocycles. The Morgan fingerprint density at radius 2 is 2.44 bits per heavy atom. The zero-order valence-electron chi connectivity index (χ0n) is 5.22. The highest BCUT2D eigenvalue weighted by Crippen LogP contribution is 2.37. The van der Waals surface area contributed by atoms with Crippen LogP contribution in [-0.2, 0) is 4.79 Å². The third-order valence-corrected chi connectivity index (χ3v) is 1.63. The fourth-order valence-corrected chi connectivity index (χ4v) is 0.835. The number of nitriles is 1. The Bertz CT molecular complexity index is 170. The molecule has 0 aromatic rings. The number of hydrogen-bond donors (Lipinski definition) is 1. The molecular formula is C6H8N2O. The van der Waals surface area contributed by atoms with Crippen LogP contribution in [-0.4, -0.2) is 5.91 Å². The summed E-state index contributed by atoms with van der Waals surface area (Å²) in [5, 5.41) is 10.1. The highest BCUT2D eigenvalue weighted by atomic mass is 16.2. The van der Waals surface area contributed by atoms with Gasteiger partial charge in [-0.25, -0.2) is 0 Å². The summed E-state index contributed by atoms with van der Waals surface area (Å²) in [5.41, 5.74) is 0. The molecule has 1 saturated carbocycles. The molecule has 9 heavy (non-hydrogen) atoms. The molecule has 1 aliphatic rings. The Kier molecular flexibility index (Phi) is 1.39. The quantitative estimate of drug-likeness (QED) is 0.402. The van der Waals surface area contributed by atoms with Gasteiger partial charge in [0.15, 0.2) is 6.19 Å². The average Bonchev–Trinajstić information content (AvgIpc) is 2.47. The number of nitrogens with zero attached hydrogens (tertiary/aromatic N) is 1. The van der Waals surface area contributed by atoms with Crippen molar-refractivity contribution in [2.45, 2.75) is 13.3 Å². The van der Waals surface area contributed by atoms with E-state index in [9.17, 15) is 4.79 Å². The summed E-state index contributed by atoms with van der Waals surface area (Å²) in [6.45, 7) is 2.00. The maximum Gasteiger partial charge on any atom is 0.236 e. The van der Waals surface area contributed by atoms with Crippen LogP contribution in [0.15, 0.2) is 0 Å². The van der Waals surface area contributed by atoms with Gasteiger partial charge in [0.05, 0.1) is 0 Å². The normalized spacial score (nSPS) is 30.7. The summed E-state index contributed by atoms with van der Waals surface area (Å²) in [5.74, 6) is 0.480. The summed E-state index contributed by atoms with van der Waals surface area (Å²) in [6, 6.07) is 0. The number of rotatable bonds is 1. The summed E-state index contributed by atoms with van der Waals surface area (Å²) in [7, 11) is 0. The predicted molar refractivity (Wildman–Crippen MR) is 31.0 cm³/mol. The second-order valence-electron chi connectivity index (χ2n) is 2.42. The number of amides is 1. The Labute approximate surface area is 53.7 Å². The smallest absolute Gasteiger partial charge is 0.236 e. The molecule has 3 nitrogen and oxygen atoms in total. The maximum absolute atomic E-state index is 10.7. The van der Waals surface area contributed by atoms with Gasteiger partial charge in [-0.3, -0.25) is 10.1 Å². The monoisotopic (exact) mass is 124 g/mol. The van der Waals surface area contributed by atoms with Crippen LogP contribution in [0.2, 0.25) is 0 Å². The van der Waals surface area contributed by atoms with Gasteiger partial charge in [0.1, 0.15) is 0 Å². The van der Waals surface area contributed by atoms with Gasteiger partial charge in [-0.05, 0) is 12.3 Å². The van der Waals surface area contributed by atoms with Crippen molar-refractivity contribution >= 4 is 5.91 Å². The lowest BCUT2D eigenvalue weighted by atomic mass is 10.3. The van der Waals surface area contributed by atoms with Crippen LogP contribution in [0.3, 0.4) is 0 Å². The molecule has 0 aliphatic heterocycles. The Balaban J connectivity index is 2.30. The molecule has 1 N–H and O–H groups in total. The first-order valence-corrected chi connectivity index (χ1v) is 2.94. The molecule has 48 valence electrons. The van der Waals surface area contributed by atoms with E-state index in [1.54, 1.807) is 6.19 Å². The fourth-order valence-electron chi connectivity index (χ4n) is 0.835. The number of hydrogen-bond acceptors (Lipinski definition) is 2. The summed E-state index contributed by atoms with van der Waals surface area (Å²) >= 11 is 0. The summed E-state index contributed by atoms with van der Waals surface area (Å²) < 4.78 is 0. The van der Waals surface area contributed by atoms with Crippen molar-refractivity contribution in [2.75, 3.05) is 0 Å². The first-order chi connectivity index (χ1) is 4.25. The number of carbonyl (C=O) groups is 1. The van der Waals surface area contributed by atoms with Crippen LogP contribution in [0.5, 0.6) is 0 Å². The van der Waals surface area contributed by atoms with E-state index in [0.717, 1.165) is 6.42 Å². The minimum atomic E-state index is -0.120. The second-order valence-corrected chi connectivity index (χ2v) is 2.42. The van der Waals surface area contributed by atoms with Gasteiger partial charge in [0.2, 0.25) is 5.91 Å². The molecule has 1 rings (SSSR count). The van der Waals surface area contributed by atoms with Crippen molar-refractivity contribution in [1.82, 2.24) is 5.32 Å². The van der Waals surface area contributed by atoms with Gasteiger partial charge in [0, 0.05) is 5.92 Å². The molecule has 0 heterocycles. The molecule has 2 atom stereocenters. The van der Waals surface area contributed by atoms with Gasteiger partial charge in [-0.15, -0.1) is 0 Å². The Hall–Kier alpha value is -1.04. The molecule has 0 saturated heterocycles. The minimum absolute atomic E-state index is 0.115. The van der Waals surface area contributed by atoms with E-state index in [1.165, 1.54) is 0 Å². The number of nitrogens with one attached hydrogen (secondary N) is 1. The van der Waals surface area contributed by atoms with Crippen LogP contribution >= 0.6 is 0 Å². The molecule has 0 bridgehead atoms. The average molecular weight is 124 g/mol. The molecular weight excluding hydrogens is 116 g/mol. The minimum Gasteiger partial charge on any atom is -0.274 e. The zero-order valence-corrected chi connectivity index (χ0v) is 5.22. The van der Waals surface area contributed by atoms with Crippen LogP contribution in [0.1, 0.15) is 13.3 Å². The topological polar surface area (TPSA) is 52.9 Å². The molecule has 0 aromatic heterocycles. The van der Waals surface area contributed by atoms with E-state index >= 15 is 0 Å². The van der Waals surface area contributed by atoms with Crippen LogP contribution in [0, 0.1) is 23.3 Å². The van der Waals surface area contributed by atoms with Crippen molar-refractivity contribution in [3.05, 3.63) is 0 Å². The molecule has 0 aromatic carbocycles. The van der Waals surface area contributed by atoms with Gasteiger partial charge < -0.3 is 0 Å². The fraction of sp³-hybridized carbons (Fsp3) is 0.667. The molecule has 1 fully saturated rings. The van der Waals surface area contributed by atoms with E-state index in [1.807, 2.05) is 6.92 Å². The third-order valence-electron chi connectivity index (χ3n) is 1.63. The van der Waals surface area contributed by atoms with E-state index in [2.05, 4.69) is 5.32 Å².